The van der Waals surface area contributed by atoms with Crippen LogP contribution in [0.4, 0.5) is 5.69 Å². The van der Waals surface area contributed by atoms with E-state index in [2.05, 4.69) is 15.8 Å². The number of rotatable bonds is 9. The highest BCUT2D eigenvalue weighted by Gasteiger charge is 2.03. The topological polar surface area (TPSA) is 112 Å². The summed E-state index contributed by atoms with van der Waals surface area (Å²) < 4.78 is 10.2. The van der Waals surface area contributed by atoms with Crippen LogP contribution >= 0.6 is 0 Å². The molecule has 0 saturated carbocycles. The van der Waals surface area contributed by atoms with Gasteiger partial charge >= 0.3 is 0 Å². The molecule has 0 aliphatic carbocycles. The molecule has 0 unspecified atom stereocenters. The lowest BCUT2D eigenvalue weighted by Crippen LogP contribution is -2.29. The Balaban J connectivity index is 1.86. The highest BCUT2D eigenvalue weighted by Crippen LogP contribution is 2.16. The smallest absolute Gasteiger partial charge is 0.259 e. The van der Waals surface area contributed by atoms with E-state index in [9.17, 15) is 14.7 Å². The number of nitrogens with one attached hydrogen (secondary N) is 2. The monoisotopic (exact) mass is 356 g/mol. The molecule has 0 fully saturated rings. The van der Waals surface area contributed by atoms with E-state index in [1.54, 1.807) is 49.6 Å². The van der Waals surface area contributed by atoms with Gasteiger partial charge in [-0.2, -0.15) is 5.10 Å². The van der Waals surface area contributed by atoms with Gasteiger partial charge in [0, 0.05) is 17.3 Å². The molecule has 26 heavy (non-hydrogen) atoms. The van der Waals surface area contributed by atoms with Crippen LogP contribution in [0.1, 0.15) is 5.56 Å². The number of para-hydroxylation sites is 1. The fourth-order valence-electron chi connectivity index (χ4n) is 1.98. The quantitative estimate of drug-likeness (QED) is 0.496. The molecule has 0 heterocycles. The summed E-state index contributed by atoms with van der Waals surface area (Å²) in [5, 5.41) is 17.3. The number of aliphatic carboxylic acids is 1. The van der Waals surface area contributed by atoms with Gasteiger partial charge in [-0.05, 0) is 24.3 Å². The maximum Gasteiger partial charge on any atom is 0.259 e. The third-order valence-electron chi connectivity index (χ3n) is 3.18. The van der Waals surface area contributed by atoms with E-state index in [0.717, 1.165) is 5.69 Å². The number of methoxy groups -OCH3 is 1. The molecular formula is C18H18N3O5-. The predicted molar refractivity (Wildman–Crippen MR) is 94.2 cm³/mol. The van der Waals surface area contributed by atoms with Gasteiger partial charge in [0.25, 0.3) is 5.91 Å². The number of anilines is 1. The zero-order valence-corrected chi connectivity index (χ0v) is 14.1. The van der Waals surface area contributed by atoms with Crippen molar-refractivity contribution in [3.05, 3.63) is 54.1 Å². The molecule has 0 aliphatic heterocycles. The molecule has 0 aromatic heterocycles. The van der Waals surface area contributed by atoms with Crippen LogP contribution in [0.15, 0.2) is 53.6 Å². The average Bonchev–Trinajstić information content (AvgIpc) is 2.65. The number of hydrazone groups is 1. The van der Waals surface area contributed by atoms with Crippen LogP contribution in [-0.4, -0.2) is 38.4 Å². The van der Waals surface area contributed by atoms with E-state index in [1.807, 2.05) is 6.07 Å². The first-order valence-corrected chi connectivity index (χ1v) is 7.70. The SMILES string of the molecule is COc1cccc(NCC(=O)N/N=C\c2ccccc2OCC(=O)[O-])c1. The Morgan fingerprint density at radius 3 is 2.77 bits per heavy atom. The molecule has 2 aromatic rings. The second-order valence-corrected chi connectivity index (χ2v) is 5.08. The van der Waals surface area contributed by atoms with Gasteiger partial charge < -0.3 is 24.7 Å². The Bertz CT molecular complexity index is 792. The Morgan fingerprint density at radius 2 is 2.00 bits per heavy atom. The Morgan fingerprint density at radius 1 is 1.19 bits per heavy atom. The summed E-state index contributed by atoms with van der Waals surface area (Å²) in [5.74, 6) is -0.670. The summed E-state index contributed by atoms with van der Waals surface area (Å²) in [6.45, 7) is -0.547. The second kappa shape index (κ2) is 9.67. The van der Waals surface area contributed by atoms with Gasteiger partial charge in [-0.1, -0.05) is 18.2 Å². The number of nitrogens with zero attached hydrogens (tertiary/aromatic N) is 1. The average molecular weight is 356 g/mol. The number of hydrogen-bond acceptors (Lipinski definition) is 7. The van der Waals surface area contributed by atoms with Crippen LogP contribution in [0.3, 0.4) is 0 Å². The molecule has 8 heteroatoms. The standard InChI is InChI=1S/C18H19N3O5/c1-25-15-7-4-6-14(9-15)19-11-17(22)21-20-10-13-5-2-3-8-16(13)26-12-18(23)24/h2-10,19H,11-12H2,1H3,(H,21,22)(H,23,24)/p-1/b20-10-. The summed E-state index contributed by atoms with van der Waals surface area (Å²) in [5.41, 5.74) is 3.64. The Hall–Kier alpha value is -3.55. The summed E-state index contributed by atoms with van der Waals surface area (Å²) >= 11 is 0. The zero-order chi connectivity index (χ0) is 18.8. The molecule has 0 radical (unpaired) electrons. The van der Waals surface area contributed by atoms with Crippen molar-refractivity contribution in [2.45, 2.75) is 0 Å². The molecule has 2 rings (SSSR count). The molecular weight excluding hydrogens is 338 g/mol. The van der Waals surface area contributed by atoms with Gasteiger partial charge in [0.05, 0.1) is 25.8 Å². The van der Waals surface area contributed by atoms with Crippen LogP contribution in [-0.2, 0) is 9.59 Å². The van der Waals surface area contributed by atoms with Crippen molar-refractivity contribution in [3.8, 4) is 11.5 Å². The molecule has 2 aromatic carbocycles. The summed E-state index contributed by atoms with van der Waals surface area (Å²) in [6.07, 6.45) is 1.37. The molecule has 136 valence electrons. The van der Waals surface area contributed by atoms with Crippen LogP contribution in [0.5, 0.6) is 11.5 Å². The lowest BCUT2D eigenvalue weighted by atomic mass is 10.2. The van der Waals surface area contributed by atoms with Crippen molar-refractivity contribution < 1.29 is 24.2 Å². The fraction of sp³-hybridized carbons (Fsp3) is 0.167. The van der Waals surface area contributed by atoms with Crippen molar-refractivity contribution in [2.75, 3.05) is 25.6 Å². The van der Waals surface area contributed by atoms with E-state index in [0.29, 0.717) is 17.1 Å². The number of amides is 1. The highest BCUT2D eigenvalue weighted by molar-refractivity contribution is 5.86. The van der Waals surface area contributed by atoms with E-state index in [4.69, 9.17) is 9.47 Å². The van der Waals surface area contributed by atoms with Crippen LogP contribution < -0.4 is 25.3 Å². The molecule has 0 saturated heterocycles. The minimum Gasteiger partial charge on any atom is -0.546 e. The van der Waals surface area contributed by atoms with Crippen molar-refractivity contribution in [3.63, 3.8) is 0 Å². The molecule has 2 N–H and O–H groups in total. The molecule has 8 nitrogen and oxygen atoms in total. The lowest BCUT2D eigenvalue weighted by molar-refractivity contribution is -0.307. The normalized spacial score (nSPS) is 10.3. The van der Waals surface area contributed by atoms with E-state index in [1.165, 1.54) is 6.21 Å². The van der Waals surface area contributed by atoms with Crippen LogP contribution in [0.2, 0.25) is 0 Å². The van der Waals surface area contributed by atoms with E-state index < -0.39 is 12.6 Å². The number of carboxylic acid groups (broad SMARTS) is 1. The minimum absolute atomic E-state index is 0.0212. The molecule has 0 aliphatic rings. The number of hydrogen-bond donors (Lipinski definition) is 2. The number of carbonyl (C=O) groups excluding carboxylic acids is 2. The first-order valence-electron chi connectivity index (χ1n) is 7.70. The van der Waals surface area contributed by atoms with Crippen LogP contribution in [0, 0.1) is 0 Å². The van der Waals surface area contributed by atoms with Gasteiger partial charge in [0.1, 0.15) is 18.1 Å². The van der Waals surface area contributed by atoms with E-state index in [-0.39, 0.29) is 12.5 Å². The van der Waals surface area contributed by atoms with Gasteiger partial charge in [-0.25, -0.2) is 5.43 Å². The zero-order valence-electron chi connectivity index (χ0n) is 14.1. The fourth-order valence-corrected chi connectivity index (χ4v) is 1.98. The Kier molecular flexibility index (Phi) is 6.99. The largest absolute Gasteiger partial charge is 0.546 e. The number of carboxylic acids is 1. The number of carbonyl (C=O) groups is 2. The molecule has 0 spiro atoms. The van der Waals surface area contributed by atoms with E-state index >= 15 is 0 Å². The third-order valence-corrected chi connectivity index (χ3v) is 3.18. The second-order valence-electron chi connectivity index (χ2n) is 5.08. The first-order chi connectivity index (χ1) is 12.6. The molecule has 0 bridgehead atoms. The van der Waals surface area contributed by atoms with Gasteiger partial charge in [-0.15, -0.1) is 0 Å². The van der Waals surface area contributed by atoms with Gasteiger partial charge in [-0.3, -0.25) is 4.79 Å². The predicted octanol–water partition coefficient (Wildman–Crippen LogP) is 0.386. The number of ether oxygens (including phenoxy) is 2. The van der Waals surface area contributed by atoms with Crippen molar-refractivity contribution >= 4 is 23.8 Å². The maximum absolute atomic E-state index is 11.8. The summed E-state index contributed by atoms with van der Waals surface area (Å²) in [7, 11) is 1.56. The van der Waals surface area contributed by atoms with Crippen molar-refractivity contribution in [1.29, 1.82) is 0 Å². The molecule has 1 amide bonds. The van der Waals surface area contributed by atoms with Crippen LogP contribution in [0.25, 0.3) is 0 Å². The van der Waals surface area contributed by atoms with Crippen molar-refractivity contribution in [1.82, 2.24) is 5.43 Å². The molecule has 0 atom stereocenters. The Labute approximate surface area is 150 Å². The van der Waals surface area contributed by atoms with Gasteiger partial charge in [0.2, 0.25) is 0 Å². The minimum atomic E-state index is -1.33. The first kappa shape index (κ1) is 18.8. The van der Waals surface area contributed by atoms with Crippen molar-refractivity contribution in [2.24, 2.45) is 5.10 Å². The lowest BCUT2D eigenvalue weighted by Gasteiger charge is -2.09. The number of benzene rings is 2. The maximum atomic E-state index is 11.8. The third kappa shape index (κ3) is 6.16. The van der Waals surface area contributed by atoms with Gasteiger partial charge in [0.15, 0.2) is 0 Å². The highest BCUT2D eigenvalue weighted by atomic mass is 16.5. The summed E-state index contributed by atoms with van der Waals surface area (Å²) in [4.78, 5) is 22.3. The summed E-state index contributed by atoms with van der Waals surface area (Å²) in [6, 6.07) is 13.9.